The molecule has 1 unspecified atom stereocenters. The lowest BCUT2D eigenvalue weighted by Gasteiger charge is -2.35. The molecule has 170 valence electrons. The van der Waals surface area contributed by atoms with E-state index in [9.17, 15) is 0 Å². The molecule has 0 amide bonds. The molecule has 5 nitrogen and oxygen atoms in total. The van der Waals surface area contributed by atoms with Crippen LogP contribution >= 0.6 is 24.0 Å². The molecule has 0 radical (unpaired) electrons. The van der Waals surface area contributed by atoms with Crippen LogP contribution in [0.3, 0.4) is 0 Å². The zero-order valence-electron chi connectivity index (χ0n) is 19.3. The van der Waals surface area contributed by atoms with E-state index in [4.69, 9.17) is 0 Å². The molecular formula is C25H38IN5. The van der Waals surface area contributed by atoms with Gasteiger partial charge in [-0.25, -0.2) is 0 Å². The Bertz CT molecular complexity index is 786. The van der Waals surface area contributed by atoms with Gasteiger partial charge in [-0.15, -0.1) is 24.0 Å². The molecule has 1 aliphatic rings. The fourth-order valence-electron chi connectivity index (χ4n) is 4.08. The van der Waals surface area contributed by atoms with E-state index < -0.39 is 0 Å². The summed E-state index contributed by atoms with van der Waals surface area (Å²) in [6, 6.07) is 22.0. The second kappa shape index (κ2) is 12.3. The molecule has 1 fully saturated rings. The summed E-state index contributed by atoms with van der Waals surface area (Å²) < 4.78 is 0. The lowest BCUT2D eigenvalue weighted by atomic mass is 10.0. The van der Waals surface area contributed by atoms with Gasteiger partial charge in [0.25, 0.3) is 0 Å². The van der Waals surface area contributed by atoms with Crippen molar-refractivity contribution in [1.82, 2.24) is 16.0 Å². The maximum atomic E-state index is 4.45. The molecule has 1 saturated heterocycles. The Hall–Kier alpha value is -1.80. The summed E-state index contributed by atoms with van der Waals surface area (Å²) in [6.07, 6.45) is 2.23. The predicted molar refractivity (Wildman–Crippen MR) is 144 cm³/mol. The van der Waals surface area contributed by atoms with E-state index in [2.05, 4.69) is 107 Å². The molecule has 6 heteroatoms. The number of aliphatic imine (C=N–C) groups is 1. The first-order valence-corrected chi connectivity index (χ1v) is 11.1. The number of hydrogen-bond donors (Lipinski definition) is 3. The molecule has 0 aliphatic carbocycles. The number of nitrogens with one attached hydrogen (secondary N) is 3. The van der Waals surface area contributed by atoms with E-state index >= 15 is 0 Å². The summed E-state index contributed by atoms with van der Waals surface area (Å²) in [5.41, 5.74) is 2.56. The first-order chi connectivity index (χ1) is 14.5. The number of halogens is 1. The van der Waals surface area contributed by atoms with Gasteiger partial charge in [-0.3, -0.25) is 4.99 Å². The van der Waals surface area contributed by atoms with Crippen molar-refractivity contribution in [1.29, 1.82) is 0 Å². The summed E-state index contributed by atoms with van der Waals surface area (Å²) in [4.78, 5) is 6.92. The van der Waals surface area contributed by atoms with Crippen molar-refractivity contribution in [2.45, 2.75) is 51.2 Å². The molecule has 0 bridgehead atoms. The minimum Gasteiger partial charge on any atom is -0.371 e. The monoisotopic (exact) mass is 535 g/mol. The molecule has 0 spiro atoms. The van der Waals surface area contributed by atoms with Crippen LogP contribution in [-0.4, -0.2) is 44.2 Å². The lowest BCUT2D eigenvalue weighted by Crippen LogP contribution is -2.54. The number of piperidine rings is 1. The quantitative estimate of drug-likeness (QED) is 0.276. The fourth-order valence-corrected chi connectivity index (χ4v) is 4.08. The van der Waals surface area contributed by atoms with Crippen LogP contribution in [0.4, 0.5) is 5.69 Å². The van der Waals surface area contributed by atoms with E-state index in [1.165, 1.54) is 11.3 Å². The van der Waals surface area contributed by atoms with Gasteiger partial charge in [0, 0.05) is 50.0 Å². The highest BCUT2D eigenvalue weighted by molar-refractivity contribution is 14.0. The van der Waals surface area contributed by atoms with E-state index in [0.29, 0.717) is 12.1 Å². The number of rotatable bonds is 7. The van der Waals surface area contributed by atoms with Crippen LogP contribution in [0.5, 0.6) is 0 Å². The fraction of sp³-hybridized carbons (Fsp3) is 0.480. The zero-order valence-corrected chi connectivity index (χ0v) is 21.6. The second-order valence-electron chi connectivity index (χ2n) is 8.83. The lowest BCUT2D eigenvalue weighted by molar-refractivity contribution is 0.343. The highest BCUT2D eigenvalue weighted by Crippen LogP contribution is 2.19. The van der Waals surface area contributed by atoms with Crippen LogP contribution in [0.15, 0.2) is 65.7 Å². The number of benzene rings is 2. The Balaban J connectivity index is 0.00000341. The van der Waals surface area contributed by atoms with Gasteiger partial charge < -0.3 is 20.9 Å². The number of para-hydroxylation sites is 1. The summed E-state index contributed by atoms with van der Waals surface area (Å²) in [7, 11) is 1.85. The van der Waals surface area contributed by atoms with Gasteiger partial charge in [0.1, 0.15) is 0 Å². The van der Waals surface area contributed by atoms with Crippen molar-refractivity contribution in [3.8, 4) is 0 Å². The predicted octanol–water partition coefficient (Wildman–Crippen LogP) is 4.57. The van der Waals surface area contributed by atoms with E-state index in [-0.39, 0.29) is 29.5 Å². The number of anilines is 1. The van der Waals surface area contributed by atoms with Crippen molar-refractivity contribution in [3.05, 3.63) is 66.2 Å². The maximum absolute atomic E-state index is 4.45. The van der Waals surface area contributed by atoms with E-state index in [1.807, 2.05) is 7.05 Å². The van der Waals surface area contributed by atoms with Gasteiger partial charge in [0.15, 0.2) is 5.96 Å². The standard InChI is InChI=1S/C25H37N5.HI/c1-20(21-11-7-5-8-12-21)29-25(2,3)19-27-24(26-4)28-22-15-17-30(18-16-22)23-13-9-6-10-14-23;/h5-14,20,22,29H,15-19H2,1-4H3,(H2,26,27,28);1H. The SMILES string of the molecule is CN=C(NCC(C)(C)NC(C)c1ccccc1)NC1CCN(c2ccccc2)CC1.I. The average Bonchev–Trinajstić information content (AvgIpc) is 2.78. The van der Waals surface area contributed by atoms with Crippen LogP contribution in [0.2, 0.25) is 0 Å². The van der Waals surface area contributed by atoms with E-state index in [0.717, 1.165) is 38.4 Å². The molecule has 3 rings (SSSR count). The smallest absolute Gasteiger partial charge is 0.191 e. The summed E-state index contributed by atoms with van der Waals surface area (Å²) in [5.74, 6) is 0.885. The molecule has 2 aromatic rings. The molecule has 1 atom stereocenters. The van der Waals surface area contributed by atoms with Crippen molar-refractivity contribution in [2.75, 3.05) is 31.6 Å². The van der Waals surface area contributed by atoms with Crippen molar-refractivity contribution in [2.24, 2.45) is 4.99 Å². The third kappa shape index (κ3) is 8.00. The number of hydrogen-bond acceptors (Lipinski definition) is 3. The highest BCUT2D eigenvalue weighted by atomic mass is 127. The Labute approximate surface area is 205 Å². The summed E-state index contributed by atoms with van der Waals surface area (Å²) in [6.45, 7) is 9.61. The van der Waals surface area contributed by atoms with E-state index in [1.54, 1.807) is 0 Å². The van der Waals surface area contributed by atoms with Crippen LogP contribution in [-0.2, 0) is 0 Å². The van der Waals surface area contributed by atoms with Gasteiger partial charge in [-0.2, -0.15) is 0 Å². The summed E-state index contributed by atoms with van der Waals surface area (Å²) in [5, 5.41) is 10.9. The summed E-state index contributed by atoms with van der Waals surface area (Å²) >= 11 is 0. The van der Waals surface area contributed by atoms with Gasteiger partial charge in [0.05, 0.1) is 0 Å². The number of nitrogens with zero attached hydrogens (tertiary/aromatic N) is 2. The molecule has 1 aliphatic heterocycles. The average molecular weight is 536 g/mol. The largest absolute Gasteiger partial charge is 0.371 e. The zero-order chi connectivity index (χ0) is 21.4. The van der Waals surface area contributed by atoms with Gasteiger partial charge in [0.2, 0.25) is 0 Å². The molecule has 0 saturated carbocycles. The maximum Gasteiger partial charge on any atom is 0.191 e. The molecule has 31 heavy (non-hydrogen) atoms. The van der Waals surface area contributed by atoms with Gasteiger partial charge >= 0.3 is 0 Å². The Morgan fingerprint density at radius 1 is 1.03 bits per heavy atom. The number of guanidine groups is 1. The first kappa shape index (κ1) is 25.5. The van der Waals surface area contributed by atoms with Crippen LogP contribution < -0.4 is 20.9 Å². The minimum atomic E-state index is -0.0659. The topological polar surface area (TPSA) is 51.7 Å². The van der Waals surface area contributed by atoms with Crippen molar-refractivity contribution < 1.29 is 0 Å². The third-order valence-corrected chi connectivity index (χ3v) is 5.79. The molecular weight excluding hydrogens is 497 g/mol. The second-order valence-corrected chi connectivity index (χ2v) is 8.83. The van der Waals surface area contributed by atoms with Crippen LogP contribution in [0.1, 0.15) is 45.2 Å². The van der Waals surface area contributed by atoms with Crippen molar-refractivity contribution in [3.63, 3.8) is 0 Å². The third-order valence-electron chi connectivity index (χ3n) is 5.79. The van der Waals surface area contributed by atoms with Crippen molar-refractivity contribution >= 4 is 35.6 Å². The normalized spacial score (nSPS) is 16.4. The van der Waals surface area contributed by atoms with Gasteiger partial charge in [-0.05, 0) is 51.3 Å². The van der Waals surface area contributed by atoms with Gasteiger partial charge in [-0.1, -0.05) is 48.5 Å². The Morgan fingerprint density at radius 3 is 2.19 bits per heavy atom. The molecule has 3 N–H and O–H groups in total. The minimum absolute atomic E-state index is 0. The Kier molecular flexibility index (Phi) is 10.1. The molecule has 2 aromatic carbocycles. The van der Waals surface area contributed by atoms with Crippen LogP contribution in [0, 0.1) is 0 Å². The first-order valence-electron chi connectivity index (χ1n) is 11.1. The Morgan fingerprint density at radius 2 is 1.61 bits per heavy atom. The van der Waals surface area contributed by atoms with Crippen LogP contribution in [0.25, 0.3) is 0 Å². The highest BCUT2D eigenvalue weighted by Gasteiger charge is 2.23. The molecule has 0 aromatic heterocycles. The molecule has 1 heterocycles.